The molecule has 1 aromatic heterocycles. The van der Waals surface area contributed by atoms with Gasteiger partial charge in [0.05, 0.1) is 0 Å². The minimum Gasteiger partial charge on any atom is -0.366 e. The molecule has 5 nitrogen and oxygen atoms in total. The highest BCUT2D eigenvalue weighted by Gasteiger charge is 2.02. The van der Waals surface area contributed by atoms with Crippen LogP contribution in [0.3, 0.4) is 0 Å². The topological polar surface area (TPSA) is 76.7 Å². The van der Waals surface area contributed by atoms with E-state index < -0.39 is 0 Å². The van der Waals surface area contributed by atoms with Gasteiger partial charge in [-0.1, -0.05) is 18.2 Å². The summed E-state index contributed by atoms with van der Waals surface area (Å²) < 4.78 is 0. The zero-order chi connectivity index (χ0) is 10.7. The monoisotopic (exact) mass is 201 g/mol. The van der Waals surface area contributed by atoms with Crippen molar-refractivity contribution < 1.29 is 0 Å². The van der Waals surface area contributed by atoms with E-state index in [1.807, 2.05) is 37.3 Å². The second-order valence-electron chi connectivity index (χ2n) is 3.10. The molecule has 5 heteroatoms. The summed E-state index contributed by atoms with van der Waals surface area (Å²) in [5.74, 6) is 0.799. The predicted molar refractivity (Wildman–Crippen MR) is 58.7 cm³/mol. The van der Waals surface area contributed by atoms with Crippen LogP contribution in [0.15, 0.2) is 30.3 Å². The summed E-state index contributed by atoms with van der Waals surface area (Å²) in [4.78, 5) is 4.06. The lowest BCUT2D eigenvalue weighted by Gasteiger charge is -2.06. The Balaban J connectivity index is 2.28. The van der Waals surface area contributed by atoms with Gasteiger partial charge in [-0.25, -0.2) is 0 Å². The number of nitrogens with zero attached hydrogens (tertiary/aromatic N) is 3. The van der Waals surface area contributed by atoms with Gasteiger partial charge in [-0.2, -0.15) is 4.98 Å². The summed E-state index contributed by atoms with van der Waals surface area (Å²) in [6.07, 6.45) is 0. The Morgan fingerprint density at radius 2 is 1.87 bits per heavy atom. The second kappa shape index (κ2) is 3.91. The second-order valence-corrected chi connectivity index (χ2v) is 3.10. The molecule has 15 heavy (non-hydrogen) atoms. The molecule has 0 aliphatic carbocycles. The number of benzene rings is 1. The van der Waals surface area contributed by atoms with Gasteiger partial charge in [0.15, 0.2) is 5.82 Å². The van der Waals surface area contributed by atoms with Crippen LogP contribution in [0.5, 0.6) is 0 Å². The first kappa shape index (κ1) is 9.39. The number of nitrogens with two attached hydrogens (primary N) is 1. The molecule has 0 fully saturated rings. The Bertz CT molecular complexity index is 455. The van der Waals surface area contributed by atoms with Gasteiger partial charge in [0.1, 0.15) is 5.69 Å². The number of hydrogen-bond acceptors (Lipinski definition) is 5. The molecule has 0 bridgehead atoms. The SMILES string of the molecule is Cc1nnc(N)nc1Nc1ccccc1. The summed E-state index contributed by atoms with van der Waals surface area (Å²) in [6, 6.07) is 9.71. The zero-order valence-electron chi connectivity index (χ0n) is 8.31. The van der Waals surface area contributed by atoms with Crippen LogP contribution < -0.4 is 11.1 Å². The van der Waals surface area contributed by atoms with Gasteiger partial charge >= 0.3 is 0 Å². The van der Waals surface area contributed by atoms with E-state index in [2.05, 4.69) is 20.5 Å². The van der Waals surface area contributed by atoms with Crippen molar-refractivity contribution in [1.29, 1.82) is 0 Å². The van der Waals surface area contributed by atoms with E-state index in [0.29, 0.717) is 11.5 Å². The smallest absolute Gasteiger partial charge is 0.242 e. The molecule has 0 saturated heterocycles. The maximum atomic E-state index is 5.46. The lowest BCUT2D eigenvalue weighted by molar-refractivity contribution is 0.945. The van der Waals surface area contributed by atoms with Crippen LogP contribution in [0, 0.1) is 6.92 Å². The third-order valence-corrected chi connectivity index (χ3v) is 1.91. The van der Waals surface area contributed by atoms with Crippen LogP contribution in [0.1, 0.15) is 5.69 Å². The van der Waals surface area contributed by atoms with Gasteiger partial charge in [-0.05, 0) is 19.1 Å². The number of nitrogens with one attached hydrogen (secondary N) is 1. The van der Waals surface area contributed by atoms with E-state index in [4.69, 9.17) is 5.73 Å². The Morgan fingerprint density at radius 1 is 1.13 bits per heavy atom. The highest BCUT2D eigenvalue weighted by molar-refractivity contribution is 5.57. The molecule has 0 aliphatic heterocycles. The van der Waals surface area contributed by atoms with Crippen LogP contribution in [0.2, 0.25) is 0 Å². The van der Waals surface area contributed by atoms with Gasteiger partial charge in [0, 0.05) is 5.69 Å². The van der Waals surface area contributed by atoms with E-state index in [1.54, 1.807) is 0 Å². The maximum Gasteiger partial charge on any atom is 0.242 e. The molecule has 0 radical (unpaired) electrons. The highest BCUT2D eigenvalue weighted by Crippen LogP contribution is 2.15. The Labute approximate surface area is 87.4 Å². The molecule has 0 amide bonds. The first-order chi connectivity index (χ1) is 7.25. The number of nitrogen functional groups attached to an aromatic ring is 1. The summed E-state index contributed by atoms with van der Waals surface area (Å²) in [5.41, 5.74) is 7.12. The van der Waals surface area contributed by atoms with E-state index in [-0.39, 0.29) is 5.95 Å². The van der Waals surface area contributed by atoms with Gasteiger partial charge in [-0.3, -0.25) is 0 Å². The van der Waals surface area contributed by atoms with Crippen LogP contribution in [0.4, 0.5) is 17.5 Å². The average Bonchev–Trinajstić information content (AvgIpc) is 2.25. The summed E-state index contributed by atoms with van der Waals surface area (Å²) in [5, 5.41) is 10.7. The molecule has 76 valence electrons. The molecule has 0 saturated carbocycles. The molecule has 2 rings (SSSR count). The maximum absolute atomic E-state index is 5.46. The van der Waals surface area contributed by atoms with Crippen molar-refractivity contribution in [1.82, 2.24) is 15.2 Å². The van der Waals surface area contributed by atoms with Crippen molar-refractivity contribution in [3.63, 3.8) is 0 Å². The van der Waals surface area contributed by atoms with Crippen LogP contribution in [-0.2, 0) is 0 Å². The standard InChI is InChI=1S/C10H11N5/c1-7-9(13-10(11)15-14-7)12-8-5-3-2-4-6-8/h2-6H,1H3,(H3,11,12,13,15). The molecule has 3 N–H and O–H groups in total. The third kappa shape index (κ3) is 2.19. The third-order valence-electron chi connectivity index (χ3n) is 1.91. The van der Waals surface area contributed by atoms with Gasteiger partial charge in [0.2, 0.25) is 5.95 Å². The fourth-order valence-corrected chi connectivity index (χ4v) is 1.17. The molecule has 1 aromatic carbocycles. The molecule has 0 aliphatic rings. The van der Waals surface area contributed by atoms with Crippen LogP contribution in [0.25, 0.3) is 0 Å². The van der Waals surface area contributed by atoms with Crippen molar-refractivity contribution in [3.8, 4) is 0 Å². The van der Waals surface area contributed by atoms with Crippen molar-refractivity contribution >= 4 is 17.5 Å². The number of aromatic nitrogens is 3. The van der Waals surface area contributed by atoms with E-state index in [9.17, 15) is 0 Å². The number of anilines is 3. The van der Waals surface area contributed by atoms with Crippen LogP contribution >= 0.6 is 0 Å². The minimum absolute atomic E-state index is 0.166. The summed E-state index contributed by atoms with van der Waals surface area (Å²) in [6.45, 7) is 1.82. The first-order valence-electron chi connectivity index (χ1n) is 4.54. The van der Waals surface area contributed by atoms with E-state index in [1.165, 1.54) is 0 Å². The van der Waals surface area contributed by atoms with Crippen LogP contribution in [-0.4, -0.2) is 15.2 Å². The lowest BCUT2D eigenvalue weighted by Crippen LogP contribution is -2.04. The molecule has 2 aromatic rings. The summed E-state index contributed by atoms with van der Waals surface area (Å²) in [7, 11) is 0. The van der Waals surface area contributed by atoms with Crippen molar-refractivity contribution in [2.75, 3.05) is 11.1 Å². The Morgan fingerprint density at radius 3 is 2.60 bits per heavy atom. The quantitative estimate of drug-likeness (QED) is 0.770. The van der Waals surface area contributed by atoms with E-state index >= 15 is 0 Å². The number of hydrogen-bond donors (Lipinski definition) is 2. The fraction of sp³-hybridized carbons (Fsp3) is 0.100. The number of rotatable bonds is 2. The molecular weight excluding hydrogens is 190 g/mol. The minimum atomic E-state index is 0.166. The molecule has 0 atom stereocenters. The molecule has 1 heterocycles. The predicted octanol–water partition coefficient (Wildman–Crippen LogP) is 1.51. The van der Waals surface area contributed by atoms with E-state index in [0.717, 1.165) is 5.69 Å². The Kier molecular flexibility index (Phi) is 2.45. The first-order valence-corrected chi connectivity index (χ1v) is 4.54. The zero-order valence-corrected chi connectivity index (χ0v) is 8.31. The van der Waals surface area contributed by atoms with Gasteiger partial charge in [-0.15, -0.1) is 10.2 Å². The lowest BCUT2D eigenvalue weighted by atomic mass is 10.3. The largest absolute Gasteiger partial charge is 0.366 e. The normalized spacial score (nSPS) is 9.93. The summed E-state index contributed by atoms with van der Waals surface area (Å²) >= 11 is 0. The van der Waals surface area contributed by atoms with Gasteiger partial charge in [0.25, 0.3) is 0 Å². The van der Waals surface area contributed by atoms with Crippen molar-refractivity contribution in [2.24, 2.45) is 0 Å². The highest BCUT2D eigenvalue weighted by atomic mass is 15.2. The molecular formula is C10H11N5. The molecule has 0 spiro atoms. The molecule has 0 unspecified atom stereocenters. The fourth-order valence-electron chi connectivity index (χ4n) is 1.17. The number of para-hydroxylation sites is 1. The van der Waals surface area contributed by atoms with Gasteiger partial charge < -0.3 is 11.1 Å². The van der Waals surface area contributed by atoms with Crippen molar-refractivity contribution in [2.45, 2.75) is 6.92 Å². The Hall–Kier alpha value is -2.17. The van der Waals surface area contributed by atoms with Crippen molar-refractivity contribution in [3.05, 3.63) is 36.0 Å². The number of aryl methyl sites for hydroxylation is 1. The average molecular weight is 201 g/mol.